The molecule has 0 spiro atoms. The first-order chi connectivity index (χ1) is 7.11. The lowest BCUT2D eigenvalue weighted by Gasteiger charge is -2.29. The molecule has 1 N–H and O–H groups in total. The van der Waals surface area contributed by atoms with Gasteiger partial charge in [-0.1, -0.05) is 12.8 Å². The highest BCUT2D eigenvalue weighted by atomic mass is 16.4. The minimum atomic E-state index is -0.668. The molecule has 0 radical (unpaired) electrons. The first-order valence-corrected chi connectivity index (χ1v) is 5.99. The Balaban J connectivity index is 2.33. The summed E-state index contributed by atoms with van der Waals surface area (Å²) in [6, 6.07) is 0.590. The number of rotatable bonds is 6. The van der Waals surface area contributed by atoms with Gasteiger partial charge in [0.05, 0.1) is 0 Å². The molecular weight excluding hydrogens is 190 g/mol. The van der Waals surface area contributed by atoms with Gasteiger partial charge in [0.15, 0.2) is 0 Å². The third-order valence-electron chi connectivity index (χ3n) is 3.50. The van der Waals surface area contributed by atoms with Gasteiger partial charge in [-0.2, -0.15) is 0 Å². The van der Waals surface area contributed by atoms with Gasteiger partial charge in [-0.3, -0.25) is 4.79 Å². The van der Waals surface area contributed by atoms with E-state index in [4.69, 9.17) is 5.11 Å². The van der Waals surface area contributed by atoms with E-state index in [2.05, 4.69) is 19.0 Å². The standard InChI is InChI=1S/C12H23NO2/c1-13(2)11(8-5-9-12(14)15)10-6-3-4-7-10/h10-11H,3-9H2,1-2H3,(H,14,15). The average molecular weight is 213 g/mol. The van der Waals surface area contributed by atoms with E-state index < -0.39 is 5.97 Å². The lowest BCUT2D eigenvalue weighted by Crippen LogP contribution is -2.34. The Morgan fingerprint density at radius 2 is 2.00 bits per heavy atom. The van der Waals surface area contributed by atoms with E-state index in [1.54, 1.807) is 0 Å². The van der Waals surface area contributed by atoms with Crippen LogP contribution < -0.4 is 0 Å². The molecule has 1 fully saturated rings. The van der Waals surface area contributed by atoms with Gasteiger partial charge < -0.3 is 10.0 Å². The normalized spacial score (nSPS) is 19.7. The summed E-state index contributed by atoms with van der Waals surface area (Å²) in [4.78, 5) is 12.7. The topological polar surface area (TPSA) is 40.5 Å². The first-order valence-electron chi connectivity index (χ1n) is 5.99. The number of carbonyl (C=O) groups is 1. The maximum absolute atomic E-state index is 10.5. The smallest absolute Gasteiger partial charge is 0.303 e. The second kappa shape index (κ2) is 6.11. The van der Waals surface area contributed by atoms with Crippen LogP contribution in [-0.2, 0) is 4.79 Å². The molecular formula is C12H23NO2. The first kappa shape index (κ1) is 12.5. The zero-order chi connectivity index (χ0) is 11.3. The van der Waals surface area contributed by atoms with E-state index in [0.717, 1.165) is 18.8 Å². The monoisotopic (exact) mass is 213 g/mol. The molecule has 1 rings (SSSR count). The van der Waals surface area contributed by atoms with Crippen LogP contribution in [0.15, 0.2) is 0 Å². The molecule has 3 nitrogen and oxygen atoms in total. The number of hydrogen-bond donors (Lipinski definition) is 1. The Labute approximate surface area is 92.5 Å². The van der Waals surface area contributed by atoms with E-state index in [0.29, 0.717) is 12.5 Å². The summed E-state index contributed by atoms with van der Waals surface area (Å²) in [5.41, 5.74) is 0. The summed E-state index contributed by atoms with van der Waals surface area (Å²) in [6.45, 7) is 0. The summed E-state index contributed by atoms with van der Waals surface area (Å²) in [5, 5.41) is 8.62. The molecule has 0 aromatic rings. The Morgan fingerprint density at radius 1 is 1.40 bits per heavy atom. The van der Waals surface area contributed by atoms with Gasteiger partial charge in [-0.05, 0) is 45.7 Å². The van der Waals surface area contributed by atoms with E-state index in [1.165, 1.54) is 25.7 Å². The highest BCUT2D eigenvalue weighted by molar-refractivity contribution is 5.66. The fourth-order valence-electron chi connectivity index (χ4n) is 2.72. The van der Waals surface area contributed by atoms with Crippen LogP contribution in [0.25, 0.3) is 0 Å². The third kappa shape index (κ3) is 4.20. The molecule has 3 heteroatoms. The maximum Gasteiger partial charge on any atom is 0.303 e. The highest BCUT2D eigenvalue weighted by Crippen LogP contribution is 2.31. The molecule has 0 saturated heterocycles. The van der Waals surface area contributed by atoms with Gasteiger partial charge in [0.2, 0.25) is 0 Å². The molecule has 0 heterocycles. The van der Waals surface area contributed by atoms with Crippen LogP contribution in [0, 0.1) is 5.92 Å². The lowest BCUT2D eigenvalue weighted by atomic mass is 9.92. The molecule has 1 aliphatic carbocycles. The molecule has 0 aliphatic heterocycles. The second-order valence-electron chi connectivity index (χ2n) is 4.86. The van der Waals surface area contributed by atoms with Crippen molar-refractivity contribution in [3.8, 4) is 0 Å². The zero-order valence-electron chi connectivity index (χ0n) is 9.91. The summed E-state index contributed by atoms with van der Waals surface area (Å²) in [5.74, 6) is 0.132. The highest BCUT2D eigenvalue weighted by Gasteiger charge is 2.26. The van der Waals surface area contributed by atoms with E-state index in [-0.39, 0.29) is 0 Å². The molecule has 88 valence electrons. The summed E-state index contributed by atoms with van der Waals surface area (Å²) >= 11 is 0. The van der Waals surface area contributed by atoms with Crippen molar-refractivity contribution in [2.75, 3.05) is 14.1 Å². The summed E-state index contributed by atoms with van der Waals surface area (Å²) < 4.78 is 0. The molecule has 15 heavy (non-hydrogen) atoms. The van der Waals surface area contributed by atoms with Gasteiger partial charge in [0, 0.05) is 12.5 Å². The van der Waals surface area contributed by atoms with Gasteiger partial charge in [0.25, 0.3) is 0 Å². The molecule has 0 bridgehead atoms. The largest absolute Gasteiger partial charge is 0.481 e. The van der Waals surface area contributed by atoms with Gasteiger partial charge in [-0.15, -0.1) is 0 Å². The Hall–Kier alpha value is -0.570. The predicted octanol–water partition coefficient (Wildman–Crippen LogP) is 2.36. The van der Waals surface area contributed by atoms with Crippen molar-refractivity contribution in [2.45, 2.75) is 51.0 Å². The Kier molecular flexibility index (Phi) is 5.09. The zero-order valence-corrected chi connectivity index (χ0v) is 9.91. The summed E-state index contributed by atoms with van der Waals surface area (Å²) in [7, 11) is 4.23. The predicted molar refractivity (Wildman–Crippen MR) is 60.9 cm³/mol. The molecule has 0 aromatic heterocycles. The quantitative estimate of drug-likeness (QED) is 0.736. The fourth-order valence-corrected chi connectivity index (χ4v) is 2.72. The lowest BCUT2D eigenvalue weighted by molar-refractivity contribution is -0.137. The Morgan fingerprint density at radius 3 is 2.47 bits per heavy atom. The van der Waals surface area contributed by atoms with Crippen molar-refractivity contribution in [1.82, 2.24) is 4.90 Å². The van der Waals surface area contributed by atoms with Gasteiger partial charge in [-0.25, -0.2) is 0 Å². The molecule has 0 amide bonds. The number of nitrogens with zero attached hydrogens (tertiary/aromatic N) is 1. The van der Waals surface area contributed by atoms with Crippen LogP contribution >= 0.6 is 0 Å². The van der Waals surface area contributed by atoms with Crippen molar-refractivity contribution in [3.05, 3.63) is 0 Å². The average Bonchev–Trinajstić information content (AvgIpc) is 2.63. The SMILES string of the molecule is CN(C)C(CCCC(=O)O)C1CCCC1. The van der Waals surface area contributed by atoms with Crippen molar-refractivity contribution < 1.29 is 9.90 Å². The van der Waals surface area contributed by atoms with Crippen LogP contribution in [0.5, 0.6) is 0 Å². The minimum Gasteiger partial charge on any atom is -0.481 e. The van der Waals surface area contributed by atoms with E-state index in [9.17, 15) is 4.79 Å². The van der Waals surface area contributed by atoms with Crippen LogP contribution in [-0.4, -0.2) is 36.1 Å². The van der Waals surface area contributed by atoms with Crippen molar-refractivity contribution in [1.29, 1.82) is 0 Å². The molecule has 1 aliphatic rings. The van der Waals surface area contributed by atoms with Crippen LogP contribution in [0.3, 0.4) is 0 Å². The number of hydrogen-bond acceptors (Lipinski definition) is 2. The molecule has 1 unspecified atom stereocenters. The van der Waals surface area contributed by atoms with Gasteiger partial charge >= 0.3 is 5.97 Å². The molecule has 0 aromatic carbocycles. The molecule has 1 atom stereocenters. The van der Waals surface area contributed by atoms with Crippen molar-refractivity contribution in [3.63, 3.8) is 0 Å². The summed E-state index contributed by atoms with van der Waals surface area (Å²) in [6.07, 6.45) is 7.53. The molecule has 1 saturated carbocycles. The van der Waals surface area contributed by atoms with Crippen LogP contribution in [0.2, 0.25) is 0 Å². The maximum atomic E-state index is 10.5. The minimum absolute atomic E-state index is 0.317. The second-order valence-corrected chi connectivity index (χ2v) is 4.86. The van der Waals surface area contributed by atoms with Crippen LogP contribution in [0.1, 0.15) is 44.9 Å². The number of carboxylic acids is 1. The van der Waals surface area contributed by atoms with Crippen molar-refractivity contribution >= 4 is 5.97 Å². The third-order valence-corrected chi connectivity index (χ3v) is 3.50. The fraction of sp³-hybridized carbons (Fsp3) is 0.917. The number of carboxylic acid groups (broad SMARTS) is 1. The van der Waals surface area contributed by atoms with Gasteiger partial charge in [0.1, 0.15) is 0 Å². The van der Waals surface area contributed by atoms with E-state index >= 15 is 0 Å². The number of aliphatic carboxylic acids is 1. The van der Waals surface area contributed by atoms with Crippen LogP contribution in [0.4, 0.5) is 0 Å². The van der Waals surface area contributed by atoms with E-state index in [1.807, 2.05) is 0 Å². The Bertz CT molecular complexity index is 198. The van der Waals surface area contributed by atoms with Crippen molar-refractivity contribution in [2.24, 2.45) is 5.92 Å².